The normalized spacial score (nSPS) is 11.2. The maximum absolute atomic E-state index is 13.1. The molecule has 2 aromatic rings. The van der Waals surface area contributed by atoms with E-state index in [1.165, 1.54) is 26.0 Å². The molecule has 1 amide bonds. The monoisotopic (exact) mass is 557 g/mol. The van der Waals surface area contributed by atoms with Gasteiger partial charge in [0.25, 0.3) is 5.91 Å². The summed E-state index contributed by atoms with van der Waals surface area (Å²) in [5, 5.41) is 8.85. The molecule has 212 valence electrons. The fourth-order valence-corrected chi connectivity index (χ4v) is 3.49. The van der Waals surface area contributed by atoms with E-state index in [1.807, 2.05) is 0 Å². The molecule has 2 rings (SSSR count). The fraction of sp³-hybridized carbons (Fsp3) is 0.296. The summed E-state index contributed by atoms with van der Waals surface area (Å²) in [6, 6.07) is 3.95. The van der Waals surface area contributed by atoms with Gasteiger partial charge in [0.1, 0.15) is 0 Å². The van der Waals surface area contributed by atoms with Crippen molar-refractivity contribution in [1.29, 1.82) is 0 Å². The number of alkyl halides is 6. The van der Waals surface area contributed by atoms with Crippen molar-refractivity contribution in [3.8, 4) is 0 Å². The number of halogens is 6. The number of carbonyl (C=O) groups is 2. The third kappa shape index (κ3) is 8.45. The number of rotatable bonds is 6. The predicted octanol–water partition coefficient (Wildman–Crippen LogP) is 6.99. The number of hydrogen-bond acceptors (Lipinski definition) is 2. The summed E-state index contributed by atoms with van der Waals surface area (Å²) in [6.07, 6.45) is -8.46. The average molecular weight is 558 g/mol. The maximum atomic E-state index is 13.1. The van der Waals surface area contributed by atoms with Gasteiger partial charge in [0.15, 0.2) is 5.96 Å². The molecule has 0 saturated carbocycles. The molecule has 0 aromatic heterocycles. The van der Waals surface area contributed by atoms with Crippen LogP contribution in [0, 0.1) is 13.8 Å². The summed E-state index contributed by atoms with van der Waals surface area (Å²) >= 11 is 0. The number of carboxylic acids is 1. The Hall–Kier alpha value is -4.09. The first kappa shape index (κ1) is 32.9. The first-order valence-corrected chi connectivity index (χ1v) is 11.4. The summed E-state index contributed by atoms with van der Waals surface area (Å²) < 4.78 is 78.1. The van der Waals surface area contributed by atoms with Crippen LogP contribution in [0.1, 0.15) is 80.8 Å². The lowest BCUT2D eigenvalue weighted by Crippen LogP contribution is -2.24. The zero-order chi connectivity index (χ0) is 30.5. The Bertz CT molecular complexity index is 1320. The predicted molar refractivity (Wildman–Crippen MR) is 138 cm³/mol. The number of amides is 1. The van der Waals surface area contributed by atoms with E-state index in [0.29, 0.717) is 41.2 Å². The van der Waals surface area contributed by atoms with Gasteiger partial charge < -0.3 is 16.6 Å². The first-order chi connectivity index (χ1) is 17.8. The van der Waals surface area contributed by atoms with Gasteiger partial charge in [-0.2, -0.15) is 31.3 Å². The number of carboxylic acid groups (broad SMARTS) is 1. The second kappa shape index (κ2) is 12.6. The molecular weight excluding hydrogens is 528 g/mol. The van der Waals surface area contributed by atoms with Crippen LogP contribution in [0.3, 0.4) is 0 Å². The zero-order valence-electron chi connectivity index (χ0n) is 21.8. The Kier molecular flexibility index (Phi) is 10.7. The van der Waals surface area contributed by atoms with E-state index in [2.05, 4.69) is 18.2 Å². The molecule has 0 aliphatic rings. The van der Waals surface area contributed by atoms with E-state index in [9.17, 15) is 35.9 Å². The third-order valence-electron chi connectivity index (χ3n) is 5.65. The van der Waals surface area contributed by atoms with Crippen LogP contribution in [0.2, 0.25) is 0 Å². The minimum atomic E-state index is -4.60. The van der Waals surface area contributed by atoms with E-state index >= 15 is 0 Å². The van der Waals surface area contributed by atoms with Crippen molar-refractivity contribution in [2.75, 3.05) is 0 Å². The minimum Gasteiger partial charge on any atom is -0.478 e. The lowest BCUT2D eigenvalue weighted by Gasteiger charge is -2.16. The van der Waals surface area contributed by atoms with E-state index in [0.717, 1.165) is 6.07 Å². The number of nitrogens with two attached hydrogens (primary N) is 2. The van der Waals surface area contributed by atoms with Crippen molar-refractivity contribution in [1.82, 2.24) is 0 Å². The average Bonchev–Trinajstić information content (AvgIpc) is 2.80. The van der Waals surface area contributed by atoms with Crippen molar-refractivity contribution in [3.05, 3.63) is 81.9 Å². The Morgan fingerprint density at radius 1 is 0.769 bits per heavy atom. The summed E-state index contributed by atoms with van der Waals surface area (Å²) in [5.74, 6) is -2.78. The van der Waals surface area contributed by atoms with E-state index < -0.39 is 41.3 Å². The SMILES string of the molecule is C=C(CC)c1cc(C)c(C(=O)N=C(N)N)cc1C(F)(F)F.C=C(CC)c1cc(C)c(C(=O)O)cc1C(F)(F)F. The van der Waals surface area contributed by atoms with Crippen molar-refractivity contribution < 1.29 is 41.0 Å². The number of benzene rings is 2. The smallest absolute Gasteiger partial charge is 0.417 e. The van der Waals surface area contributed by atoms with Crippen LogP contribution in [0.4, 0.5) is 26.3 Å². The van der Waals surface area contributed by atoms with Gasteiger partial charge >= 0.3 is 18.3 Å². The second-order valence-corrected chi connectivity index (χ2v) is 8.48. The molecule has 6 nitrogen and oxygen atoms in total. The quantitative estimate of drug-likeness (QED) is 0.201. The minimum absolute atomic E-state index is 0.0243. The van der Waals surface area contributed by atoms with Gasteiger partial charge in [-0.3, -0.25) is 4.79 Å². The van der Waals surface area contributed by atoms with Crippen molar-refractivity contribution in [3.63, 3.8) is 0 Å². The van der Waals surface area contributed by atoms with E-state index in [-0.39, 0.29) is 22.3 Å². The molecule has 0 aliphatic heterocycles. The lowest BCUT2D eigenvalue weighted by molar-refractivity contribution is -0.138. The highest BCUT2D eigenvalue weighted by Gasteiger charge is 2.36. The summed E-state index contributed by atoms with van der Waals surface area (Å²) in [6.45, 7) is 13.6. The highest BCUT2D eigenvalue weighted by Crippen LogP contribution is 2.38. The Morgan fingerprint density at radius 2 is 1.13 bits per heavy atom. The van der Waals surface area contributed by atoms with Gasteiger partial charge in [-0.05, 0) is 72.2 Å². The van der Waals surface area contributed by atoms with Crippen molar-refractivity contribution in [2.45, 2.75) is 52.9 Å². The molecule has 0 fully saturated rings. The van der Waals surface area contributed by atoms with Gasteiger partial charge in [-0.15, -0.1) is 0 Å². The van der Waals surface area contributed by atoms with Crippen molar-refractivity contribution >= 4 is 29.0 Å². The van der Waals surface area contributed by atoms with Crippen LogP contribution < -0.4 is 11.5 Å². The molecule has 0 unspecified atom stereocenters. The molecule has 0 radical (unpaired) electrons. The molecule has 0 spiro atoms. The number of aryl methyl sites for hydroxylation is 2. The molecule has 0 aliphatic carbocycles. The van der Waals surface area contributed by atoms with Crippen LogP contribution in [-0.2, 0) is 12.4 Å². The summed E-state index contributed by atoms with van der Waals surface area (Å²) in [4.78, 5) is 25.9. The Labute approximate surface area is 221 Å². The Balaban J connectivity index is 0.000000395. The second-order valence-electron chi connectivity index (χ2n) is 8.48. The number of guanidine groups is 1. The summed E-state index contributed by atoms with van der Waals surface area (Å²) in [7, 11) is 0. The molecule has 0 saturated heterocycles. The van der Waals surface area contributed by atoms with Gasteiger partial charge in [0.05, 0.1) is 16.7 Å². The molecule has 39 heavy (non-hydrogen) atoms. The third-order valence-corrected chi connectivity index (χ3v) is 5.65. The van der Waals surface area contributed by atoms with Crippen molar-refractivity contribution in [2.24, 2.45) is 16.5 Å². The molecule has 0 atom stereocenters. The highest BCUT2D eigenvalue weighted by molar-refractivity contribution is 6.03. The van der Waals surface area contributed by atoms with Gasteiger partial charge in [-0.25, -0.2) is 4.79 Å². The molecular formula is C27H29F6N3O3. The van der Waals surface area contributed by atoms with Crippen LogP contribution >= 0.6 is 0 Å². The molecule has 5 N–H and O–H groups in total. The number of allylic oxidation sites excluding steroid dienone is 2. The van der Waals surface area contributed by atoms with Crippen LogP contribution in [-0.4, -0.2) is 22.9 Å². The van der Waals surface area contributed by atoms with Gasteiger partial charge in [-0.1, -0.05) is 39.1 Å². The number of carbonyl (C=O) groups excluding carboxylic acids is 1. The Morgan fingerprint density at radius 3 is 1.44 bits per heavy atom. The molecule has 0 heterocycles. The number of nitrogens with zero attached hydrogens (tertiary/aromatic N) is 1. The van der Waals surface area contributed by atoms with Crippen LogP contribution in [0.25, 0.3) is 11.1 Å². The van der Waals surface area contributed by atoms with E-state index in [4.69, 9.17) is 16.6 Å². The molecule has 12 heteroatoms. The highest BCUT2D eigenvalue weighted by atomic mass is 19.4. The van der Waals surface area contributed by atoms with Gasteiger partial charge in [0.2, 0.25) is 0 Å². The fourth-order valence-electron chi connectivity index (χ4n) is 3.49. The number of hydrogen-bond donors (Lipinski definition) is 3. The van der Waals surface area contributed by atoms with Crippen LogP contribution in [0.15, 0.2) is 42.4 Å². The number of aromatic carboxylic acids is 1. The van der Waals surface area contributed by atoms with Gasteiger partial charge in [0, 0.05) is 5.56 Å². The maximum Gasteiger partial charge on any atom is 0.417 e. The topological polar surface area (TPSA) is 119 Å². The molecule has 0 bridgehead atoms. The largest absolute Gasteiger partial charge is 0.478 e. The standard InChI is InChI=1S/C14H16F3N3O.C13H13F3O2/c1-4-7(2)9-5-8(3)10(12(21)20-13(18)19)6-11(9)14(15,16)17;1-4-7(2)9-5-8(3)10(12(17)18)6-11(9)13(14,15)16/h5-6H,2,4H2,1,3H3,(H4,18,19,20,21);5-6H,2,4H2,1,3H3,(H,17,18). The zero-order valence-corrected chi connectivity index (χ0v) is 21.8. The lowest BCUT2D eigenvalue weighted by atomic mass is 9.93. The summed E-state index contributed by atoms with van der Waals surface area (Å²) in [5.41, 5.74) is 9.01. The first-order valence-electron chi connectivity index (χ1n) is 11.4. The molecule has 2 aromatic carbocycles. The van der Waals surface area contributed by atoms with Crippen LogP contribution in [0.5, 0.6) is 0 Å². The van der Waals surface area contributed by atoms with E-state index in [1.54, 1.807) is 13.8 Å². The number of aliphatic imine (C=N–C) groups is 1.